The number of pyridine rings is 2. The second kappa shape index (κ2) is 7.52. The molecule has 106 valence electrons. The van der Waals surface area contributed by atoms with Gasteiger partial charge in [0, 0.05) is 23.5 Å². The van der Waals surface area contributed by atoms with Gasteiger partial charge in [0.1, 0.15) is 10.3 Å². The van der Waals surface area contributed by atoms with E-state index in [2.05, 4.69) is 15.0 Å². The second-order valence-corrected chi connectivity index (χ2v) is 4.54. The number of carbonyl (C=O) groups is 1. The van der Waals surface area contributed by atoms with Gasteiger partial charge in [0.2, 0.25) is 0 Å². The van der Waals surface area contributed by atoms with Crippen molar-refractivity contribution in [1.82, 2.24) is 15.0 Å². The molecule has 21 heavy (non-hydrogen) atoms. The van der Waals surface area contributed by atoms with Crippen molar-refractivity contribution in [3.63, 3.8) is 0 Å². The Labute approximate surface area is 130 Å². The maximum atomic E-state index is 10.0. The first-order valence-corrected chi connectivity index (χ1v) is 6.52. The van der Waals surface area contributed by atoms with Crippen LogP contribution in [-0.2, 0) is 0 Å². The lowest BCUT2D eigenvalue weighted by Gasteiger charge is -1.93. The Bertz CT molecular complexity index is 683. The Kier molecular flexibility index (Phi) is 5.43. The van der Waals surface area contributed by atoms with E-state index in [0.29, 0.717) is 21.6 Å². The molecule has 7 heteroatoms. The number of oxazole rings is 1. The summed E-state index contributed by atoms with van der Waals surface area (Å²) >= 11 is 11.1. The van der Waals surface area contributed by atoms with Crippen molar-refractivity contribution in [3.05, 3.63) is 65.1 Å². The van der Waals surface area contributed by atoms with Gasteiger partial charge in [-0.1, -0.05) is 23.2 Å². The van der Waals surface area contributed by atoms with Crippen LogP contribution < -0.4 is 0 Å². The maximum absolute atomic E-state index is 10.0. The molecule has 5 nitrogen and oxygen atoms in total. The van der Waals surface area contributed by atoms with Crippen LogP contribution in [0.3, 0.4) is 0 Å². The fourth-order valence-corrected chi connectivity index (χ4v) is 1.56. The summed E-state index contributed by atoms with van der Waals surface area (Å²) in [6, 6.07) is 6.73. The van der Waals surface area contributed by atoms with Gasteiger partial charge in [0.05, 0.1) is 6.20 Å². The number of aromatic nitrogens is 3. The summed E-state index contributed by atoms with van der Waals surface area (Å²) in [5.74, 6) is 0.694. The van der Waals surface area contributed by atoms with Crippen molar-refractivity contribution < 1.29 is 9.21 Å². The SMILES string of the molecule is Clc1ccc(-c2cnco2)cn1.O=Cc1ccc(Cl)nc1. The average molecular weight is 322 g/mol. The van der Waals surface area contributed by atoms with Gasteiger partial charge in [-0.05, 0) is 24.3 Å². The molecule has 0 bridgehead atoms. The van der Waals surface area contributed by atoms with Gasteiger partial charge in [0.15, 0.2) is 18.4 Å². The van der Waals surface area contributed by atoms with E-state index in [0.717, 1.165) is 11.8 Å². The molecular formula is C14H9Cl2N3O2. The summed E-state index contributed by atoms with van der Waals surface area (Å²) < 4.78 is 5.07. The highest BCUT2D eigenvalue weighted by Gasteiger charge is 2.00. The van der Waals surface area contributed by atoms with E-state index in [1.54, 1.807) is 30.6 Å². The van der Waals surface area contributed by atoms with Gasteiger partial charge >= 0.3 is 0 Å². The fourth-order valence-electron chi connectivity index (χ4n) is 1.34. The van der Waals surface area contributed by atoms with E-state index >= 15 is 0 Å². The largest absolute Gasteiger partial charge is 0.443 e. The number of rotatable bonds is 2. The van der Waals surface area contributed by atoms with E-state index in [4.69, 9.17) is 27.6 Å². The Balaban J connectivity index is 0.000000161. The molecule has 0 unspecified atom stereocenters. The molecule has 0 aliphatic heterocycles. The molecule has 3 rings (SSSR count). The number of hydrogen-bond acceptors (Lipinski definition) is 5. The second-order valence-electron chi connectivity index (χ2n) is 3.77. The minimum atomic E-state index is 0.403. The van der Waals surface area contributed by atoms with Crippen molar-refractivity contribution in [3.8, 4) is 11.3 Å². The molecule has 0 aromatic carbocycles. The first-order chi connectivity index (χ1) is 10.2. The first-order valence-electron chi connectivity index (χ1n) is 5.76. The van der Waals surface area contributed by atoms with E-state index < -0.39 is 0 Å². The molecule has 3 heterocycles. The predicted octanol–water partition coefficient (Wildman–Crippen LogP) is 3.94. The van der Waals surface area contributed by atoms with Crippen molar-refractivity contribution in [1.29, 1.82) is 0 Å². The normalized spacial score (nSPS) is 9.62. The van der Waals surface area contributed by atoms with Crippen LogP contribution in [0.4, 0.5) is 0 Å². The molecule has 0 fully saturated rings. The standard InChI is InChI=1S/C8H5ClN2O.C6H4ClNO/c9-8-2-1-6(3-11-8)7-4-10-5-12-7;7-6-2-1-5(4-9)3-8-6/h1-5H;1-4H. The van der Waals surface area contributed by atoms with Gasteiger partial charge in [-0.3, -0.25) is 4.79 Å². The monoisotopic (exact) mass is 321 g/mol. The molecule has 0 atom stereocenters. The molecule has 0 N–H and O–H groups in total. The van der Waals surface area contributed by atoms with Crippen LogP contribution in [-0.4, -0.2) is 21.2 Å². The van der Waals surface area contributed by atoms with Crippen molar-refractivity contribution in [2.24, 2.45) is 0 Å². The van der Waals surface area contributed by atoms with Gasteiger partial charge in [0.25, 0.3) is 0 Å². The Morgan fingerprint density at radius 3 is 2.14 bits per heavy atom. The fraction of sp³-hybridized carbons (Fsp3) is 0. The summed E-state index contributed by atoms with van der Waals surface area (Å²) in [6.07, 6.45) is 6.80. The molecule has 0 radical (unpaired) electrons. The summed E-state index contributed by atoms with van der Waals surface area (Å²) in [5, 5.41) is 0.874. The van der Waals surface area contributed by atoms with Gasteiger partial charge in [-0.2, -0.15) is 0 Å². The lowest BCUT2D eigenvalue weighted by Crippen LogP contribution is -1.79. The van der Waals surface area contributed by atoms with E-state index in [9.17, 15) is 4.79 Å². The third-order valence-corrected chi connectivity index (χ3v) is 2.78. The van der Waals surface area contributed by atoms with Crippen LogP contribution in [0.1, 0.15) is 10.4 Å². The predicted molar refractivity (Wildman–Crippen MR) is 79.4 cm³/mol. The van der Waals surface area contributed by atoms with Crippen molar-refractivity contribution in [2.75, 3.05) is 0 Å². The molecule has 3 aromatic heterocycles. The Morgan fingerprint density at radius 1 is 0.952 bits per heavy atom. The number of aldehydes is 1. The highest BCUT2D eigenvalue weighted by molar-refractivity contribution is 6.29. The zero-order valence-electron chi connectivity index (χ0n) is 10.6. The molecule has 0 aliphatic carbocycles. The first kappa shape index (κ1) is 15.2. The minimum absolute atomic E-state index is 0.403. The molecule has 0 spiro atoms. The van der Waals surface area contributed by atoms with Crippen LogP contribution in [0.15, 0.2) is 53.7 Å². The van der Waals surface area contributed by atoms with Crippen LogP contribution in [0.25, 0.3) is 11.3 Å². The van der Waals surface area contributed by atoms with E-state index in [1.165, 1.54) is 12.6 Å². The lowest BCUT2D eigenvalue weighted by atomic mass is 10.2. The summed E-state index contributed by atoms with van der Waals surface area (Å²) in [7, 11) is 0. The molecule has 0 amide bonds. The van der Waals surface area contributed by atoms with Gasteiger partial charge in [-0.25, -0.2) is 15.0 Å². The number of carbonyl (C=O) groups excluding carboxylic acids is 1. The molecular weight excluding hydrogens is 313 g/mol. The number of hydrogen-bond donors (Lipinski definition) is 0. The van der Waals surface area contributed by atoms with Gasteiger partial charge < -0.3 is 4.42 Å². The zero-order valence-corrected chi connectivity index (χ0v) is 12.1. The molecule has 0 saturated heterocycles. The third-order valence-electron chi connectivity index (χ3n) is 2.33. The molecule has 3 aromatic rings. The average Bonchev–Trinajstić information content (AvgIpc) is 3.04. The zero-order chi connectivity index (χ0) is 15.1. The Hall–Kier alpha value is -2.24. The van der Waals surface area contributed by atoms with Crippen molar-refractivity contribution >= 4 is 29.5 Å². The molecule has 0 saturated carbocycles. The Morgan fingerprint density at radius 2 is 1.67 bits per heavy atom. The lowest BCUT2D eigenvalue weighted by molar-refractivity contribution is 0.112. The minimum Gasteiger partial charge on any atom is -0.443 e. The van der Waals surface area contributed by atoms with E-state index in [-0.39, 0.29) is 0 Å². The van der Waals surface area contributed by atoms with E-state index in [1.807, 2.05) is 6.07 Å². The van der Waals surface area contributed by atoms with Crippen LogP contribution in [0.2, 0.25) is 10.3 Å². The maximum Gasteiger partial charge on any atom is 0.181 e. The smallest absolute Gasteiger partial charge is 0.181 e. The van der Waals surface area contributed by atoms with Crippen LogP contribution >= 0.6 is 23.2 Å². The topological polar surface area (TPSA) is 68.9 Å². The highest BCUT2D eigenvalue weighted by Crippen LogP contribution is 2.18. The molecule has 0 aliphatic rings. The summed E-state index contributed by atoms with van der Waals surface area (Å²) in [6.45, 7) is 0. The van der Waals surface area contributed by atoms with Crippen LogP contribution in [0, 0.1) is 0 Å². The number of halogens is 2. The third kappa shape index (κ3) is 4.66. The van der Waals surface area contributed by atoms with Gasteiger partial charge in [-0.15, -0.1) is 0 Å². The van der Waals surface area contributed by atoms with Crippen molar-refractivity contribution in [2.45, 2.75) is 0 Å². The summed E-state index contributed by atoms with van der Waals surface area (Å²) in [4.78, 5) is 21.4. The highest BCUT2D eigenvalue weighted by atomic mass is 35.5. The van der Waals surface area contributed by atoms with Crippen LogP contribution in [0.5, 0.6) is 0 Å². The quantitative estimate of drug-likeness (QED) is 0.528. The summed E-state index contributed by atoms with van der Waals surface area (Å²) in [5.41, 5.74) is 1.41. The number of nitrogens with zero attached hydrogens (tertiary/aromatic N) is 3.